The molecular formula is C20H15ClN2O3S. The average molecular weight is 399 g/mol. The number of hydrogen-bond donors (Lipinski definition) is 2. The molecule has 1 amide bonds. The van der Waals surface area contributed by atoms with Crippen LogP contribution in [-0.2, 0) is 0 Å². The molecule has 27 heavy (non-hydrogen) atoms. The number of rotatable bonds is 5. The Morgan fingerprint density at radius 1 is 1.19 bits per heavy atom. The van der Waals surface area contributed by atoms with Crippen molar-refractivity contribution in [2.24, 2.45) is 0 Å². The predicted molar refractivity (Wildman–Crippen MR) is 106 cm³/mol. The molecule has 0 aliphatic rings. The SMILES string of the molecule is O=C(NC[C@@H](O)c1cccc(Cl)c1)c1ccc(-c2nc3ccccc3s2)o1. The van der Waals surface area contributed by atoms with Gasteiger partial charge in [0.1, 0.15) is 0 Å². The maximum absolute atomic E-state index is 12.3. The fraction of sp³-hybridized carbons (Fsp3) is 0.100. The van der Waals surface area contributed by atoms with Crippen molar-refractivity contribution < 1.29 is 14.3 Å². The van der Waals surface area contributed by atoms with Gasteiger partial charge in [-0.1, -0.05) is 35.9 Å². The molecular weight excluding hydrogens is 384 g/mol. The van der Waals surface area contributed by atoms with E-state index < -0.39 is 12.0 Å². The number of aliphatic hydroxyl groups is 1. The standard InChI is InChI=1S/C20H15ClN2O3S/c21-13-5-3-4-12(10-13)15(24)11-22-19(25)16-8-9-17(26-16)20-23-14-6-1-2-7-18(14)27-20/h1-10,15,24H,11H2,(H,22,25)/t15-/m1/s1. The minimum atomic E-state index is -0.855. The van der Waals surface area contributed by atoms with E-state index in [1.54, 1.807) is 36.4 Å². The molecule has 0 aliphatic carbocycles. The number of nitrogens with one attached hydrogen (secondary N) is 1. The number of benzene rings is 2. The van der Waals surface area contributed by atoms with Crippen molar-refractivity contribution in [1.29, 1.82) is 0 Å². The van der Waals surface area contributed by atoms with Gasteiger partial charge in [0.2, 0.25) is 0 Å². The Kier molecular flexibility index (Phi) is 4.94. The molecule has 2 N–H and O–H groups in total. The van der Waals surface area contributed by atoms with Crippen LogP contribution >= 0.6 is 22.9 Å². The normalized spacial score (nSPS) is 12.2. The molecule has 0 spiro atoms. The second kappa shape index (κ2) is 7.52. The summed E-state index contributed by atoms with van der Waals surface area (Å²) >= 11 is 7.42. The maximum Gasteiger partial charge on any atom is 0.287 e. The Hall–Kier alpha value is -2.67. The Bertz CT molecular complexity index is 1070. The quantitative estimate of drug-likeness (QED) is 0.512. The summed E-state index contributed by atoms with van der Waals surface area (Å²) in [6.07, 6.45) is -0.855. The zero-order valence-electron chi connectivity index (χ0n) is 14.1. The fourth-order valence-electron chi connectivity index (χ4n) is 2.66. The first-order valence-corrected chi connectivity index (χ1v) is 9.47. The van der Waals surface area contributed by atoms with Crippen molar-refractivity contribution in [3.8, 4) is 10.8 Å². The van der Waals surface area contributed by atoms with Gasteiger partial charge in [0.25, 0.3) is 5.91 Å². The van der Waals surface area contributed by atoms with Crippen LogP contribution in [0.15, 0.2) is 65.1 Å². The van der Waals surface area contributed by atoms with Gasteiger partial charge < -0.3 is 14.8 Å². The number of amides is 1. The van der Waals surface area contributed by atoms with Crippen molar-refractivity contribution in [3.05, 3.63) is 77.0 Å². The van der Waals surface area contributed by atoms with Gasteiger partial charge in [0.15, 0.2) is 16.5 Å². The van der Waals surface area contributed by atoms with Crippen LogP contribution in [0.1, 0.15) is 22.2 Å². The zero-order valence-corrected chi connectivity index (χ0v) is 15.6. The molecule has 4 aromatic rings. The van der Waals surface area contributed by atoms with Crippen LogP contribution in [0.5, 0.6) is 0 Å². The lowest BCUT2D eigenvalue weighted by molar-refractivity contribution is 0.0890. The smallest absolute Gasteiger partial charge is 0.287 e. The molecule has 7 heteroatoms. The first-order chi connectivity index (χ1) is 13.1. The highest BCUT2D eigenvalue weighted by atomic mass is 35.5. The van der Waals surface area contributed by atoms with E-state index in [2.05, 4.69) is 10.3 Å². The summed E-state index contributed by atoms with van der Waals surface area (Å²) in [5.41, 5.74) is 1.53. The number of aliphatic hydroxyl groups excluding tert-OH is 1. The van der Waals surface area contributed by atoms with Gasteiger partial charge in [-0.2, -0.15) is 0 Å². The van der Waals surface area contributed by atoms with Crippen molar-refractivity contribution in [1.82, 2.24) is 10.3 Å². The Morgan fingerprint density at radius 3 is 2.85 bits per heavy atom. The average Bonchev–Trinajstić information content (AvgIpc) is 3.32. The van der Waals surface area contributed by atoms with Crippen molar-refractivity contribution >= 4 is 39.1 Å². The van der Waals surface area contributed by atoms with Gasteiger partial charge in [0, 0.05) is 11.6 Å². The van der Waals surface area contributed by atoms with Gasteiger partial charge in [-0.05, 0) is 42.0 Å². The summed E-state index contributed by atoms with van der Waals surface area (Å²) in [5, 5.41) is 14.1. The second-order valence-corrected chi connectivity index (χ2v) is 7.40. The van der Waals surface area contributed by atoms with Crippen LogP contribution in [0.25, 0.3) is 21.0 Å². The van der Waals surface area contributed by atoms with E-state index >= 15 is 0 Å². The van der Waals surface area contributed by atoms with Gasteiger partial charge in [-0.15, -0.1) is 11.3 Å². The molecule has 0 fully saturated rings. The summed E-state index contributed by atoms with van der Waals surface area (Å²) < 4.78 is 6.71. The number of para-hydroxylation sites is 1. The molecule has 0 saturated carbocycles. The monoisotopic (exact) mass is 398 g/mol. The number of thiazole rings is 1. The molecule has 0 aliphatic heterocycles. The van der Waals surface area contributed by atoms with E-state index in [0.29, 0.717) is 21.4 Å². The molecule has 4 rings (SSSR count). The van der Waals surface area contributed by atoms with Crippen LogP contribution in [0.4, 0.5) is 0 Å². The number of fused-ring (bicyclic) bond motifs is 1. The lowest BCUT2D eigenvalue weighted by Gasteiger charge is -2.11. The summed E-state index contributed by atoms with van der Waals surface area (Å²) in [6.45, 7) is 0.0519. The third-order valence-electron chi connectivity index (χ3n) is 4.02. The highest BCUT2D eigenvalue weighted by molar-refractivity contribution is 7.21. The fourth-order valence-corrected chi connectivity index (χ4v) is 3.79. The van der Waals surface area contributed by atoms with Gasteiger partial charge in [-0.3, -0.25) is 4.79 Å². The molecule has 2 aromatic carbocycles. The van der Waals surface area contributed by atoms with Crippen LogP contribution < -0.4 is 5.32 Å². The summed E-state index contributed by atoms with van der Waals surface area (Å²) in [5.74, 6) is 0.308. The molecule has 2 heterocycles. The second-order valence-electron chi connectivity index (χ2n) is 5.93. The van der Waals surface area contributed by atoms with E-state index in [4.69, 9.17) is 16.0 Å². The van der Waals surface area contributed by atoms with Crippen LogP contribution in [-0.4, -0.2) is 22.5 Å². The van der Waals surface area contributed by atoms with Crippen LogP contribution in [0.2, 0.25) is 5.02 Å². The number of hydrogen-bond acceptors (Lipinski definition) is 5. The van der Waals surface area contributed by atoms with Crippen molar-refractivity contribution in [3.63, 3.8) is 0 Å². The van der Waals surface area contributed by atoms with Gasteiger partial charge in [-0.25, -0.2) is 4.98 Å². The van der Waals surface area contributed by atoms with E-state index in [1.807, 2.05) is 24.3 Å². The third-order valence-corrected chi connectivity index (χ3v) is 5.31. The number of furan rings is 1. The summed E-state index contributed by atoms with van der Waals surface area (Å²) in [7, 11) is 0. The Balaban J connectivity index is 1.44. The highest BCUT2D eigenvalue weighted by Gasteiger charge is 2.16. The maximum atomic E-state index is 12.3. The van der Waals surface area contributed by atoms with Crippen molar-refractivity contribution in [2.45, 2.75) is 6.10 Å². The molecule has 2 aromatic heterocycles. The lowest BCUT2D eigenvalue weighted by Crippen LogP contribution is -2.28. The summed E-state index contributed by atoms with van der Waals surface area (Å²) in [4.78, 5) is 16.8. The number of carbonyl (C=O) groups is 1. The van der Waals surface area contributed by atoms with E-state index in [0.717, 1.165) is 10.2 Å². The molecule has 5 nitrogen and oxygen atoms in total. The minimum absolute atomic E-state index is 0.0519. The molecule has 0 bridgehead atoms. The van der Waals surface area contributed by atoms with E-state index in [1.165, 1.54) is 11.3 Å². The minimum Gasteiger partial charge on any atom is -0.448 e. The summed E-state index contributed by atoms with van der Waals surface area (Å²) in [6, 6.07) is 18.0. The molecule has 0 unspecified atom stereocenters. The van der Waals surface area contributed by atoms with E-state index in [-0.39, 0.29) is 12.3 Å². The van der Waals surface area contributed by atoms with Crippen LogP contribution in [0, 0.1) is 0 Å². The molecule has 0 radical (unpaired) electrons. The van der Waals surface area contributed by atoms with Crippen LogP contribution in [0.3, 0.4) is 0 Å². The largest absolute Gasteiger partial charge is 0.448 e. The first-order valence-electron chi connectivity index (χ1n) is 8.27. The molecule has 0 saturated heterocycles. The number of carbonyl (C=O) groups excluding carboxylic acids is 1. The Morgan fingerprint density at radius 2 is 2.04 bits per heavy atom. The predicted octanol–water partition coefficient (Wildman–Crippen LogP) is 4.67. The molecule has 1 atom stereocenters. The highest BCUT2D eigenvalue weighted by Crippen LogP contribution is 2.31. The zero-order chi connectivity index (χ0) is 18.8. The van der Waals surface area contributed by atoms with Crippen molar-refractivity contribution in [2.75, 3.05) is 6.54 Å². The first kappa shape index (κ1) is 17.7. The number of halogens is 1. The number of nitrogens with zero attached hydrogens (tertiary/aromatic N) is 1. The van der Waals surface area contributed by atoms with Gasteiger partial charge >= 0.3 is 0 Å². The Labute approximate surface area is 164 Å². The number of aromatic nitrogens is 1. The van der Waals surface area contributed by atoms with Gasteiger partial charge in [0.05, 0.1) is 16.3 Å². The third kappa shape index (κ3) is 3.88. The molecule has 136 valence electrons. The lowest BCUT2D eigenvalue weighted by atomic mass is 10.1. The topological polar surface area (TPSA) is 75.4 Å². The van der Waals surface area contributed by atoms with E-state index in [9.17, 15) is 9.90 Å².